The minimum Gasteiger partial charge on any atom is -0.367 e. The van der Waals surface area contributed by atoms with E-state index in [9.17, 15) is 18.0 Å². The van der Waals surface area contributed by atoms with Crippen LogP contribution in [0.25, 0.3) is 0 Å². The van der Waals surface area contributed by atoms with Crippen LogP contribution in [0.5, 0.6) is 0 Å². The highest BCUT2D eigenvalue weighted by molar-refractivity contribution is 7.93. The molecule has 2 aromatic rings. The second-order valence-corrected chi connectivity index (χ2v) is 10.7. The standard InChI is InChI=1S/C26H33N3O5S/c1-35(32,33)16-13-22(12-9-19-5-3-2-4-6-19)29-26(31)23(27)17-20-7-10-21(11-8-20)25(30)24-18-28-14-15-34-24/h2-8,10-11,13,16,22-24,28H,9,12,14-15,17-18,27H2,1H3,(H,29,31)/t22-,23-,24?/m0/s1. The summed E-state index contributed by atoms with van der Waals surface area (Å²) in [7, 11) is -3.33. The average molecular weight is 500 g/mol. The molecule has 1 unspecified atom stereocenters. The van der Waals surface area contributed by atoms with Crippen molar-refractivity contribution in [2.45, 2.75) is 37.5 Å². The predicted molar refractivity (Wildman–Crippen MR) is 136 cm³/mol. The third kappa shape index (κ3) is 9.03. The summed E-state index contributed by atoms with van der Waals surface area (Å²) in [5.41, 5.74) is 8.61. The first-order valence-electron chi connectivity index (χ1n) is 11.6. The molecular weight excluding hydrogens is 466 g/mol. The van der Waals surface area contributed by atoms with Crippen molar-refractivity contribution in [2.24, 2.45) is 5.73 Å². The number of ether oxygens (including phenoxy) is 1. The van der Waals surface area contributed by atoms with E-state index in [2.05, 4.69) is 10.6 Å². The van der Waals surface area contributed by atoms with E-state index in [1.165, 1.54) is 6.08 Å². The lowest BCUT2D eigenvalue weighted by atomic mass is 10.00. The van der Waals surface area contributed by atoms with Crippen LogP contribution < -0.4 is 16.4 Å². The van der Waals surface area contributed by atoms with Gasteiger partial charge in [0, 0.05) is 36.4 Å². The molecule has 0 bridgehead atoms. The number of benzene rings is 2. The van der Waals surface area contributed by atoms with Gasteiger partial charge in [-0.15, -0.1) is 0 Å². The Balaban J connectivity index is 1.58. The molecule has 0 saturated carbocycles. The Morgan fingerprint density at radius 2 is 1.86 bits per heavy atom. The molecule has 4 N–H and O–H groups in total. The number of carbonyl (C=O) groups is 2. The minimum atomic E-state index is -3.33. The quantitative estimate of drug-likeness (QED) is 0.399. The van der Waals surface area contributed by atoms with Crippen LogP contribution in [0.2, 0.25) is 0 Å². The monoisotopic (exact) mass is 499 g/mol. The summed E-state index contributed by atoms with van der Waals surface area (Å²) >= 11 is 0. The molecule has 3 rings (SSSR count). The SMILES string of the molecule is CS(=O)(=O)C=C[C@H](CCc1ccccc1)NC(=O)[C@@H](N)Cc1ccc(C(=O)C2CNCCO2)cc1. The van der Waals surface area contributed by atoms with Gasteiger partial charge in [-0.1, -0.05) is 60.7 Å². The maximum absolute atomic E-state index is 12.8. The van der Waals surface area contributed by atoms with Crippen LogP contribution in [-0.2, 0) is 32.2 Å². The molecule has 0 aromatic heterocycles. The third-order valence-corrected chi connectivity index (χ3v) is 6.37. The summed E-state index contributed by atoms with van der Waals surface area (Å²) in [4.78, 5) is 25.3. The number of sulfone groups is 1. The van der Waals surface area contributed by atoms with Gasteiger partial charge in [-0.3, -0.25) is 9.59 Å². The van der Waals surface area contributed by atoms with Crippen molar-refractivity contribution in [3.63, 3.8) is 0 Å². The Kier molecular flexibility index (Phi) is 9.73. The number of Topliss-reactive ketones (excluding diaryl/α,β-unsaturated/α-hetero) is 1. The van der Waals surface area contributed by atoms with Gasteiger partial charge in [0.1, 0.15) is 6.10 Å². The van der Waals surface area contributed by atoms with Crippen molar-refractivity contribution >= 4 is 21.5 Å². The lowest BCUT2D eigenvalue weighted by Crippen LogP contribution is -2.46. The smallest absolute Gasteiger partial charge is 0.237 e. The minimum absolute atomic E-state index is 0.0790. The van der Waals surface area contributed by atoms with E-state index >= 15 is 0 Å². The van der Waals surface area contributed by atoms with Gasteiger partial charge in [-0.05, 0) is 30.4 Å². The Morgan fingerprint density at radius 1 is 1.14 bits per heavy atom. The van der Waals surface area contributed by atoms with Crippen LogP contribution in [0.15, 0.2) is 66.1 Å². The highest BCUT2D eigenvalue weighted by Gasteiger charge is 2.23. The number of hydrogen-bond acceptors (Lipinski definition) is 7. The number of aryl methyl sites for hydroxylation is 1. The average Bonchev–Trinajstić information content (AvgIpc) is 2.86. The number of amides is 1. The topological polar surface area (TPSA) is 128 Å². The zero-order valence-corrected chi connectivity index (χ0v) is 20.7. The van der Waals surface area contributed by atoms with Crippen LogP contribution in [0.1, 0.15) is 27.9 Å². The fourth-order valence-corrected chi connectivity index (χ4v) is 4.26. The van der Waals surface area contributed by atoms with Crippen molar-refractivity contribution in [3.05, 3.63) is 82.8 Å². The largest absolute Gasteiger partial charge is 0.367 e. The molecule has 0 radical (unpaired) electrons. The van der Waals surface area contributed by atoms with Gasteiger partial charge in [0.25, 0.3) is 0 Å². The Hall–Kier alpha value is -2.85. The van der Waals surface area contributed by atoms with E-state index in [0.29, 0.717) is 31.6 Å². The van der Waals surface area contributed by atoms with Crippen molar-refractivity contribution < 1.29 is 22.7 Å². The molecule has 0 spiro atoms. The zero-order valence-electron chi connectivity index (χ0n) is 19.9. The molecule has 1 saturated heterocycles. The summed E-state index contributed by atoms with van der Waals surface area (Å²) in [5.74, 6) is -0.451. The van der Waals surface area contributed by atoms with E-state index < -0.39 is 28.0 Å². The maximum atomic E-state index is 12.8. The van der Waals surface area contributed by atoms with E-state index in [1.807, 2.05) is 30.3 Å². The number of hydrogen-bond donors (Lipinski definition) is 3. The van der Waals surface area contributed by atoms with Gasteiger partial charge >= 0.3 is 0 Å². The van der Waals surface area contributed by atoms with Crippen LogP contribution in [0, 0.1) is 0 Å². The van der Waals surface area contributed by atoms with Gasteiger partial charge in [-0.2, -0.15) is 0 Å². The highest BCUT2D eigenvalue weighted by atomic mass is 32.2. The number of morpholine rings is 1. The van der Waals surface area contributed by atoms with Crippen molar-refractivity contribution in [3.8, 4) is 0 Å². The lowest BCUT2D eigenvalue weighted by molar-refractivity contribution is -0.122. The van der Waals surface area contributed by atoms with Crippen molar-refractivity contribution in [1.29, 1.82) is 0 Å². The molecule has 35 heavy (non-hydrogen) atoms. The van der Waals surface area contributed by atoms with E-state index in [4.69, 9.17) is 10.5 Å². The first-order chi connectivity index (χ1) is 16.7. The number of ketones is 1. The molecule has 3 atom stereocenters. The zero-order chi connectivity index (χ0) is 25.3. The Morgan fingerprint density at radius 3 is 2.49 bits per heavy atom. The molecule has 9 heteroatoms. The number of nitrogens with one attached hydrogen (secondary N) is 2. The molecule has 1 amide bonds. The molecule has 8 nitrogen and oxygen atoms in total. The fraction of sp³-hybridized carbons (Fsp3) is 0.385. The fourth-order valence-electron chi connectivity index (χ4n) is 3.78. The lowest BCUT2D eigenvalue weighted by Gasteiger charge is -2.22. The van der Waals surface area contributed by atoms with Gasteiger partial charge in [0.15, 0.2) is 15.6 Å². The van der Waals surface area contributed by atoms with Crippen molar-refractivity contribution in [2.75, 3.05) is 26.0 Å². The van der Waals surface area contributed by atoms with Crippen LogP contribution >= 0.6 is 0 Å². The van der Waals surface area contributed by atoms with E-state index in [0.717, 1.165) is 29.3 Å². The summed E-state index contributed by atoms with van der Waals surface area (Å²) in [6.45, 7) is 1.73. The molecule has 0 aliphatic carbocycles. The molecule has 188 valence electrons. The summed E-state index contributed by atoms with van der Waals surface area (Å²) in [5, 5.41) is 7.11. The molecular formula is C26H33N3O5S. The normalized spacial score (nSPS) is 18.2. The molecule has 2 aromatic carbocycles. The Bertz CT molecular complexity index is 1110. The van der Waals surface area contributed by atoms with Crippen LogP contribution in [0.3, 0.4) is 0 Å². The van der Waals surface area contributed by atoms with Crippen LogP contribution in [0.4, 0.5) is 0 Å². The molecule has 1 aliphatic heterocycles. The van der Waals surface area contributed by atoms with Gasteiger partial charge in [0.2, 0.25) is 5.91 Å². The summed E-state index contributed by atoms with van der Waals surface area (Å²) in [6, 6.07) is 15.5. The first kappa shape index (κ1) is 26.7. The summed E-state index contributed by atoms with van der Waals surface area (Å²) in [6.07, 6.45) is 3.59. The molecule has 1 aliphatic rings. The van der Waals surface area contributed by atoms with Crippen molar-refractivity contribution in [1.82, 2.24) is 10.6 Å². The highest BCUT2D eigenvalue weighted by Crippen LogP contribution is 2.12. The third-order valence-electron chi connectivity index (χ3n) is 5.72. The predicted octanol–water partition coefficient (Wildman–Crippen LogP) is 1.40. The van der Waals surface area contributed by atoms with Gasteiger partial charge < -0.3 is 21.1 Å². The maximum Gasteiger partial charge on any atom is 0.237 e. The van der Waals surface area contributed by atoms with Crippen LogP contribution in [-0.4, -0.2) is 64.2 Å². The Labute approximate surface area is 206 Å². The van der Waals surface area contributed by atoms with Gasteiger partial charge in [0.05, 0.1) is 12.6 Å². The number of carbonyl (C=O) groups excluding carboxylic acids is 2. The second-order valence-electron chi connectivity index (χ2n) is 8.73. The number of rotatable bonds is 11. The number of nitrogens with two attached hydrogens (primary N) is 1. The van der Waals surface area contributed by atoms with E-state index in [1.54, 1.807) is 24.3 Å². The summed E-state index contributed by atoms with van der Waals surface area (Å²) < 4.78 is 28.7. The van der Waals surface area contributed by atoms with E-state index in [-0.39, 0.29) is 18.1 Å². The van der Waals surface area contributed by atoms with Gasteiger partial charge in [-0.25, -0.2) is 8.42 Å². The molecule has 1 heterocycles. The first-order valence-corrected chi connectivity index (χ1v) is 13.6. The second kappa shape index (κ2) is 12.7. The molecule has 1 fully saturated rings.